The minimum atomic E-state index is 0. The van der Waals surface area contributed by atoms with Crippen LogP contribution < -0.4 is 10.1 Å². The lowest BCUT2D eigenvalue weighted by Crippen LogP contribution is -2.18. The van der Waals surface area contributed by atoms with Gasteiger partial charge in [0.2, 0.25) is 0 Å². The van der Waals surface area contributed by atoms with Crippen LogP contribution in [0.5, 0.6) is 5.75 Å². The van der Waals surface area contributed by atoms with Crippen LogP contribution in [-0.2, 0) is 13.2 Å². The monoisotopic (exact) mass is 439 g/mol. The molecule has 0 fully saturated rings. The van der Waals surface area contributed by atoms with Gasteiger partial charge < -0.3 is 15.2 Å². The minimum absolute atomic E-state index is 0. The molecule has 0 radical (unpaired) electrons. The first-order valence-electron chi connectivity index (χ1n) is 6.77. The van der Waals surface area contributed by atoms with Gasteiger partial charge in [-0.1, -0.05) is 45.2 Å². The lowest BCUT2D eigenvalue weighted by Gasteiger charge is -2.13. The number of hydrogen-bond donors (Lipinski definition) is 2. The highest BCUT2D eigenvalue weighted by atomic mass is 79.9. The molecule has 0 spiro atoms. The predicted molar refractivity (Wildman–Crippen MR) is 101 cm³/mol. The lowest BCUT2D eigenvalue weighted by molar-refractivity contribution is 0.288. The van der Waals surface area contributed by atoms with Crippen LogP contribution in [0.15, 0.2) is 40.9 Å². The second-order valence-corrected chi connectivity index (χ2v) is 6.44. The van der Waals surface area contributed by atoms with Gasteiger partial charge in [0.05, 0.1) is 6.61 Å². The van der Waals surface area contributed by atoms with E-state index in [-0.39, 0.29) is 19.0 Å². The minimum Gasteiger partial charge on any atom is -0.489 e. The van der Waals surface area contributed by atoms with E-state index in [4.69, 9.17) is 33.0 Å². The number of nitrogens with one attached hydrogen (secondary N) is 1. The van der Waals surface area contributed by atoms with E-state index in [0.29, 0.717) is 29.7 Å². The maximum Gasteiger partial charge on any atom is 0.124 e. The summed E-state index contributed by atoms with van der Waals surface area (Å²) in [5.41, 5.74) is 1.89. The summed E-state index contributed by atoms with van der Waals surface area (Å²) in [6.07, 6.45) is 0. The molecule has 2 aromatic carbocycles. The van der Waals surface area contributed by atoms with Gasteiger partial charge in [0.1, 0.15) is 12.4 Å². The zero-order valence-electron chi connectivity index (χ0n) is 12.2. The topological polar surface area (TPSA) is 41.5 Å². The normalized spacial score (nSPS) is 10.3. The van der Waals surface area contributed by atoms with Gasteiger partial charge in [-0.3, -0.25) is 0 Å². The van der Waals surface area contributed by atoms with Crippen LogP contribution in [0.4, 0.5) is 0 Å². The summed E-state index contributed by atoms with van der Waals surface area (Å²) in [7, 11) is 0. The Morgan fingerprint density at radius 3 is 2.57 bits per heavy atom. The van der Waals surface area contributed by atoms with E-state index in [9.17, 15) is 0 Å². The van der Waals surface area contributed by atoms with Crippen LogP contribution in [0, 0.1) is 0 Å². The van der Waals surface area contributed by atoms with Crippen molar-refractivity contribution in [2.75, 3.05) is 13.2 Å². The Morgan fingerprint density at radius 2 is 1.87 bits per heavy atom. The molecule has 126 valence electrons. The zero-order valence-corrected chi connectivity index (χ0v) is 16.1. The maximum absolute atomic E-state index is 8.84. The number of benzene rings is 2. The molecule has 0 atom stereocenters. The van der Waals surface area contributed by atoms with Crippen LogP contribution in [0.25, 0.3) is 0 Å². The van der Waals surface area contributed by atoms with E-state index in [0.717, 1.165) is 21.3 Å². The molecule has 0 saturated heterocycles. The number of aliphatic hydroxyl groups excluding tert-OH is 1. The van der Waals surface area contributed by atoms with Gasteiger partial charge in [-0.05, 0) is 30.3 Å². The first kappa shape index (κ1) is 20.6. The number of aliphatic hydroxyl groups is 1. The summed E-state index contributed by atoms with van der Waals surface area (Å²) in [5, 5.41) is 13.2. The molecule has 2 N–H and O–H groups in total. The van der Waals surface area contributed by atoms with Gasteiger partial charge >= 0.3 is 0 Å². The van der Waals surface area contributed by atoms with Crippen molar-refractivity contribution in [3.05, 3.63) is 62.0 Å². The third kappa shape index (κ3) is 6.49. The average Bonchev–Trinajstić information content (AvgIpc) is 2.48. The van der Waals surface area contributed by atoms with Crippen molar-refractivity contribution >= 4 is 51.5 Å². The van der Waals surface area contributed by atoms with Crippen molar-refractivity contribution in [1.82, 2.24) is 5.32 Å². The molecule has 23 heavy (non-hydrogen) atoms. The molecule has 0 aliphatic heterocycles. The lowest BCUT2D eigenvalue weighted by atomic mass is 10.2. The van der Waals surface area contributed by atoms with Crippen LogP contribution in [0.2, 0.25) is 10.0 Å². The Labute approximate surface area is 160 Å². The van der Waals surface area contributed by atoms with Gasteiger partial charge in [0.25, 0.3) is 0 Å². The molecular formula is C16H17BrCl3NO2. The van der Waals surface area contributed by atoms with E-state index in [1.807, 2.05) is 24.3 Å². The summed E-state index contributed by atoms with van der Waals surface area (Å²) in [4.78, 5) is 0. The fourth-order valence-electron chi connectivity index (χ4n) is 1.92. The Hall–Kier alpha value is -0.490. The number of halogens is 4. The largest absolute Gasteiger partial charge is 0.489 e. The molecule has 7 heteroatoms. The fourth-order valence-corrected chi connectivity index (χ4v) is 2.79. The van der Waals surface area contributed by atoms with Crippen LogP contribution in [-0.4, -0.2) is 18.3 Å². The zero-order chi connectivity index (χ0) is 15.9. The van der Waals surface area contributed by atoms with Crippen LogP contribution >= 0.6 is 51.5 Å². The van der Waals surface area contributed by atoms with E-state index < -0.39 is 0 Å². The standard InChI is InChI=1S/C16H16BrCl2NO2.ClH/c17-13-2-4-16(12(7-13)9-20-5-6-21)22-10-11-1-3-14(18)8-15(11)19;/h1-4,7-8,20-21H,5-6,9-10H2;1H. The maximum atomic E-state index is 8.84. The summed E-state index contributed by atoms with van der Waals surface area (Å²) in [6, 6.07) is 11.2. The first-order valence-corrected chi connectivity index (χ1v) is 8.32. The van der Waals surface area contributed by atoms with Gasteiger partial charge in [-0.25, -0.2) is 0 Å². The Bertz CT molecular complexity index is 641. The third-order valence-electron chi connectivity index (χ3n) is 3.02. The number of ether oxygens (including phenoxy) is 1. The van der Waals surface area contributed by atoms with Crippen molar-refractivity contribution in [3.8, 4) is 5.75 Å². The van der Waals surface area contributed by atoms with E-state index >= 15 is 0 Å². The predicted octanol–water partition coefficient (Wildman–Crippen LogP) is 4.84. The van der Waals surface area contributed by atoms with E-state index in [1.54, 1.807) is 12.1 Å². The smallest absolute Gasteiger partial charge is 0.124 e. The van der Waals surface area contributed by atoms with Crippen molar-refractivity contribution < 1.29 is 9.84 Å². The SMILES string of the molecule is Cl.OCCNCc1cc(Br)ccc1OCc1ccc(Cl)cc1Cl. The molecule has 0 bridgehead atoms. The molecule has 2 aromatic rings. The van der Waals surface area contributed by atoms with Crippen LogP contribution in [0.3, 0.4) is 0 Å². The summed E-state index contributed by atoms with van der Waals surface area (Å²) < 4.78 is 6.86. The second-order valence-electron chi connectivity index (χ2n) is 4.68. The molecule has 0 saturated carbocycles. The summed E-state index contributed by atoms with van der Waals surface area (Å²) in [6.45, 7) is 1.62. The highest BCUT2D eigenvalue weighted by Gasteiger charge is 2.07. The molecule has 3 nitrogen and oxygen atoms in total. The Morgan fingerprint density at radius 1 is 1.09 bits per heavy atom. The molecule has 0 aliphatic rings. The second kappa shape index (κ2) is 10.4. The molecule has 2 rings (SSSR count). The van der Waals surface area contributed by atoms with Crippen molar-refractivity contribution in [1.29, 1.82) is 0 Å². The number of hydrogen-bond acceptors (Lipinski definition) is 3. The number of rotatable bonds is 7. The highest BCUT2D eigenvalue weighted by Crippen LogP contribution is 2.26. The van der Waals surface area contributed by atoms with Crippen molar-refractivity contribution in [2.24, 2.45) is 0 Å². The first-order chi connectivity index (χ1) is 10.6. The summed E-state index contributed by atoms with van der Waals surface area (Å²) >= 11 is 15.5. The molecule has 0 unspecified atom stereocenters. The summed E-state index contributed by atoms with van der Waals surface area (Å²) in [5.74, 6) is 0.777. The van der Waals surface area contributed by atoms with Crippen LogP contribution in [0.1, 0.15) is 11.1 Å². The van der Waals surface area contributed by atoms with E-state index in [2.05, 4.69) is 21.2 Å². The highest BCUT2D eigenvalue weighted by molar-refractivity contribution is 9.10. The third-order valence-corrected chi connectivity index (χ3v) is 4.11. The molecule has 0 aromatic heterocycles. The fraction of sp³-hybridized carbons (Fsp3) is 0.250. The van der Waals surface area contributed by atoms with Gasteiger partial charge in [-0.15, -0.1) is 12.4 Å². The van der Waals surface area contributed by atoms with Gasteiger partial charge in [-0.2, -0.15) is 0 Å². The molecule has 0 aliphatic carbocycles. The molecule has 0 amide bonds. The Kier molecular flexibility index (Phi) is 9.29. The quantitative estimate of drug-likeness (QED) is 0.604. The van der Waals surface area contributed by atoms with Gasteiger partial charge in [0, 0.05) is 38.7 Å². The van der Waals surface area contributed by atoms with Gasteiger partial charge in [0.15, 0.2) is 0 Å². The Balaban J connectivity index is 0.00000264. The molecule has 0 heterocycles. The van der Waals surface area contributed by atoms with Crippen molar-refractivity contribution in [2.45, 2.75) is 13.2 Å². The average molecular weight is 442 g/mol. The van der Waals surface area contributed by atoms with E-state index in [1.165, 1.54) is 0 Å². The van der Waals surface area contributed by atoms with Crippen molar-refractivity contribution in [3.63, 3.8) is 0 Å². The molecular weight excluding hydrogens is 424 g/mol.